The maximum atomic E-state index is 11.0. The summed E-state index contributed by atoms with van der Waals surface area (Å²) in [6.45, 7) is 4.52. The van der Waals surface area contributed by atoms with Crippen molar-refractivity contribution in [2.75, 3.05) is 10.2 Å². The number of benzene rings is 1. The maximum Gasteiger partial charge on any atom is 0.223 e. The summed E-state index contributed by atoms with van der Waals surface area (Å²) in [5.74, 6) is -0.0780. The van der Waals surface area contributed by atoms with E-state index in [2.05, 4.69) is 46.4 Å². The highest BCUT2D eigenvalue weighted by Crippen LogP contribution is 2.33. The predicted octanol–water partition coefficient (Wildman–Crippen LogP) is 3.05. The van der Waals surface area contributed by atoms with Gasteiger partial charge in [-0.25, -0.2) is 4.98 Å². The van der Waals surface area contributed by atoms with Gasteiger partial charge in [0.2, 0.25) is 5.91 Å². The van der Waals surface area contributed by atoms with Crippen LogP contribution < -0.4 is 10.2 Å². The van der Waals surface area contributed by atoms with Crippen molar-refractivity contribution in [3.05, 3.63) is 40.9 Å². The Morgan fingerprint density at radius 3 is 3.10 bits per heavy atom. The van der Waals surface area contributed by atoms with Gasteiger partial charge in [0.25, 0.3) is 0 Å². The molecule has 1 N–H and O–H groups in total. The van der Waals surface area contributed by atoms with Gasteiger partial charge in [-0.15, -0.1) is 11.3 Å². The van der Waals surface area contributed by atoms with Crippen molar-refractivity contribution in [1.29, 1.82) is 0 Å². The molecular weight excluding hydrogens is 270 g/mol. The molecule has 0 radical (unpaired) electrons. The Balaban J connectivity index is 1.78. The summed E-state index contributed by atoms with van der Waals surface area (Å²) in [5, 5.41) is 5.42. The van der Waals surface area contributed by atoms with E-state index in [1.54, 1.807) is 0 Å². The smallest absolute Gasteiger partial charge is 0.223 e. The van der Waals surface area contributed by atoms with Crippen LogP contribution in [-0.2, 0) is 17.8 Å². The number of rotatable bonds is 3. The summed E-state index contributed by atoms with van der Waals surface area (Å²) in [4.78, 5) is 17.9. The van der Waals surface area contributed by atoms with Crippen molar-refractivity contribution in [1.82, 2.24) is 4.98 Å². The van der Waals surface area contributed by atoms with Gasteiger partial charge in [0, 0.05) is 24.0 Å². The third kappa shape index (κ3) is 2.54. The summed E-state index contributed by atoms with van der Waals surface area (Å²) >= 11 is 1.47. The second kappa shape index (κ2) is 5.25. The molecule has 1 amide bonds. The zero-order valence-corrected chi connectivity index (χ0v) is 12.4. The van der Waals surface area contributed by atoms with Gasteiger partial charge in [-0.2, -0.15) is 0 Å². The highest BCUT2D eigenvalue weighted by molar-refractivity contribution is 7.13. The van der Waals surface area contributed by atoms with E-state index in [0.717, 1.165) is 18.7 Å². The van der Waals surface area contributed by atoms with E-state index in [9.17, 15) is 4.79 Å². The topological polar surface area (TPSA) is 45.2 Å². The predicted molar refractivity (Wildman–Crippen MR) is 82.2 cm³/mol. The Morgan fingerprint density at radius 2 is 2.30 bits per heavy atom. The summed E-state index contributed by atoms with van der Waals surface area (Å²) in [5.41, 5.74) is 3.70. The molecule has 1 aromatic carbocycles. The molecule has 2 aromatic rings. The van der Waals surface area contributed by atoms with Crippen LogP contribution in [0.5, 0.6) is 0 Å². The van der Waals surface area contributed by atoms with Gasteiger partial charge in [0.15, 0.2) is 5.13 Å². The first-order chi connectivity index (χ1) is 9.63. The second-order valence-corrected chi connectivity index (χ2v) is 5.99. The average Bonchev–Trinajstić information content (AvgIpc) is 2.95. The minimum Gasteiger partial charge on any atom is -0.362 e. The maximum absolute atomic E-state index is 11.0. The van der Waals surface area contributed by atoms with Gasteiger partial charge in [-0.05, 0) is 25.0 Å². The number of hydrogen-bond donors (Lipinski definition) is 1. The zero-order chi connectivity index (χ0) is 14.1. The van der Waals surface area contributed by atoms with E-state index < -0.39 is 0 Å². The average molecular weight is 287 g/mol. The lowest BCUT2D eigenvalue weighted by atomic mass is 10.1. The number of fused-ring (bicyclic) bond motifs is 1. The Hall–Kier alpha value is -1.88. The first-order valence-corrected chi connectivity index (χ1v) is 7.58. The van der Waals surface area contributed by atoms with Crippen LogP contribution in [0.15, 0.2) is 29.6 Å². The quantitative estimate of drug-likeness (QED) is 0.943. The Kier molecular flexibility index (Phi) is 3.44. The third-order valence-corrected chi connectivity index (χ3v) is 4.32. The van der Waals surface area contributed by atoms with Crippen LogP contribution in [0.4, 0.5) is 10.8 Å². The van der Waals surface area contributed by atoms with Crippen LogP contribution in [0.25, 0.3) is 0 Å². The Morgan fingerprint density at radius 1 is 1.50 bits per heavy atom. The largest absolute Gasteiger partial charge is 0.362 e. The molecule has 0 aliphatic carbocycles. The van der Waals surface area contributed by atoms with Gasteiger partial charge >= 0.3 is 0 Å². The molecule has 0 bridgehead atoms. The van der Waals surface area contributed by atoms with Crippen LogP contribution in [0.2, 0.25) is 0 Å². The fourth-order valence-corrected chi connectivity index (χ4v) is 3.38. The van der Waals surface area contributed by atoms with Gasteiger partial charge in [0.1, 0.15) is 0 Å². The minimum atomic E-state index is -0.0780. The molecule has 104 valence electrons. The molecule has 2 heterocycles. The van der Waals surface area contributed by atoms with Crippen molar-refractivity contribution >= 4 is 28.1 Å². The van der Waals surface area contributed by atoms with Gasteiger partial charge in [-0.1, -0.05) is 18.2 Å². The summed E-state index contributed by atoms with van der Waals surface area (Å²) in [6, 6.07) is 9.01. The number of amides is 1. The molecule has 0 saturated heterocycles. The van der Waals surface area contributed by atoms with Crippen molar-refractivity contribution in [2.24, 2.45) is 0 Å². The summed E-state index contributed by atoms with van der Waals surface area (Å²) in [7, 11) is 0. The molecule has 3 rings (SSSR count). The number of nitrogens with one attached hydrogen (secondary N) is 1. The van der Waals surface area contributed by atoms with E-state index in [-0.39, 0.29) is 5.91 Å². The SMILES string of the molecule is CC(=O)Nc1nc(CN2c3ccccc3CC2C)cs1. The molecule has 1 aliphatic heterocycles. The van der Waals surface area contributed by atoms with Crippen LogP contribution in [0.3, 0.4) is 0 Å². The van der Waals surface area contributed by atoms with Crippen LogP contribution in [0.1, 0.15) is 25.1 Å². The lowest BCUT2D eigenvalue weighted by molar-refractivity contribution is -0.114. The summed E-state index contributed by atoms with van der Waals surface area (Å²) < 4.78 is 0. The zero-order valence-electron chi connectivity index (χ0n) is 11.6. The molecule has 1 unspecified atom stereocenters. The van der Waals surface area contributed by atoms with Crippen LogP contribution in [0, 0.1) is 0 Å². The number of anilines is 2. The van der Waals surface area contributed by atoms with E-state index in [4.69, 9.17) is 0 Å². The number of carbonyl (C=O) groups is 1. The highest BCUT2D eigenvalue weighted by atomic mass is 32.1. The lowest BCUT2D eigenvalue weighted by Gasteiger charge is -2.23. The fourth-order valence-electron chi connectivity index (χ4n) is 2.63. The van der Waals surface area contributed by atoms with Crippen LogP contribution in [-0.4, -0.2) is 16.9 Å². The van der Waals surface area contributed by atoms with Crippen molar-refractivity contribution in [3.8, 4) is 0 Å². The number of aromatic nitrogens is 1. The number of thiazole rings is 1. The summed E-state index contributed by atoms with van der Waals surface area (Å²) in [6.07, 6.45) is 1.08. The molecule has 0 saturated carbocycles. The van der Waals surface area contributed by atoms with E-state index in [1.165, 1.54) is 29.5 Å². The normalized spacial score (nSPS) is 17.1. The number of nitrogens with zero attached hydrogens (tertiary/aromatic N) is 2. The van der Waals surface area contributed by atoms with E-state index in [0.29, 0.717) is 11.2 Å². The highest BCUT2D eigenvalue weighted by Gasteiger charge is 2.25. The Bertz CT molecular complexity index is 638. The molecule has 5 heteroatoms. The van der Waals surface area contributed by atoms with Gasteiger partial charge in [-0.3, -0.25) is 4.79 Å². The second-order valence-electron chi connectivity index (χ2n) is 5.13. The number of hydrogen-bond acceptors (Lipinski definition) is 4. The standard InChI is InChI=1S/C15H17N3OS/c1-10-7-12-5-3-4-6-14(12)18(10)8-13-9-20-15(17-13)16-11(2)19/h3-6,9-10H,7-8H2,1-2H3,(H,16,17,19). The Labute approximate surface area is 122 Å². The van der Waals surface area contributed by atoms with E-state index >= 15 is 0 Å². The number of carbonyl (C=O) groups excluding carboxylic acids is 1. The van der Waals surface area contributed by atoms with Crippen LogP contribution >= 0.6 is 11.3 Å². The van der Waals surface area contributed by atoms with E-state index in [1.807, 2.05) is 5.38 Å². The molecule has 1 atom stereocenters. The molecule has 1 aliphatic rings. The molecule has 0 spiro atoms. The van der Waals surface area contributed by atoms with Crippen molar-refractivity contribution in [2.45, 2.75) is 32.9 Å². The minimum absolute atomic E-state index is 0.0780. The first-order valence-electron chi connectivity index (χ1n) is 6.70. The van der Waals surface area contributed by atoms with Crippen molar-refractivity contribution < 1.29 is 4.79 Å². The third-order valence-electron chi connectivity index (χ3n) is 3.52. The molecule has 0 fully saturated rings. The lowest BCUT2D eigenvalue weighted by Crippen LogP contribution is -2.28. The van der Waals surface area contributed by atoms with Gasteiger partial charge < -0.3 is 10.2 Å². The molecular formula is C15H17N3OS. The first kappa shape index (κ1) is 13.1. The molecule has 4 nitrogen and oxygen atoms in total. The fraction of sp³-hybridized carbons (Fsp3) is 0.333. The van der Waals surface area contributed by atoms with Crippen molar-refractivity contribution in [3.63, 3.8) is 0 Å². The molecule has 1 aromatic heterocycles. The molecule has 20 heavy (non-hydrogen) atoms. The van der Waals surface area contributed by atoms with Gasteiger partial charge in [0.05, 0.1) is 12.2 Å². The monoisotopic (exact) mass is 287 g/mol. The number of para-hydroxylation sites is 1.